The number of non-ortho nitro benzene ring substituents is 2. The molecule has 2 aromatic carbocycles. The predicted octanol–water partition coefficient (Wildman–Crippen LogP) is 3.40. The van der Waals surface area contributed by atoms with Gasteiger partial charge < -0.3 is 9.88 Å². The Kier molecular flexibility index (Phi) is 6.02. The van der Waals surface area contributed by atoms with Crippen molar-refractivity contribution in [3.05, 3.63) is 79.6 Å². The first-order chi connectivity index (χ1) is 14.7. The van der Waals surface area contributed by atoms with Crippen LogP contribution < -0.4 is 10.1 Å². The largest absolute Gasteiger partial charge is 0.326 e. The van der Waals surface area contributed by atoms with E-state index in [0.29, 0.717) is 12.2 Å². The summed E-state index contributed by atoms with van der Waals surface area (Å²) in [6.07, 6.45) is 1.61. The molecule has 3 aromatic rings. The van der Waals surface area contributed by atoms with Gasteiger partial charge in [-0.3, -0.25) is 29.8 Å². The minimum Gasteiger partial charge on any atom is -0.326 e. The van der Waals surface area contributed by atoms with Crippen LogP contribution in [0.2, 0.25) is 0 Å². The lowest BCUT2D eigenvalue weighted by Crippen LogP contribution is -2.16. The second-order valence-corrected chi connectivity index (χ2v) is 7.33. The number of hydrogen-bond donors (Lipinski definition) is 1. The van der Waals surface area contributed by atoms with Gasteiger partial charge in [-0.05, 0) is 18.2 Å². The number of anilines is 1. The van der Waals surface area contributed by atoms with Crippen LogP contribution in [0.15, 0.2) is 54.0 Å². The maximum absolute atomic E-state index is 12.7. The summed E-state index contributed by atoms with van der Waals surface area (Å²) in [5.41, 5.74) is -0.136. The van der Waals surface area contributed by atoms with E-state index in [2.05, 4.69) is 16.9 Å². The van der Waals surface area contributed by atoms with Crippen molar-refractivity contribution in [2.75, 3.05) is 5.32 Å². The molecule has 2 amide bonds. The minimum atomic E-state index is -0.863. The van der Waals surface area contributed by atoms with E-state index in [-0.39, 0.29) is 16.3 Å². The molecule has 0 bridgehead atoms. The fraction of sp³-hybridized carbons (Fsp3) is 0.105. The van der Waals surface area contributed by atoms with E-state index in [1.165, 1.54) is 6.92 Å². The lowest BCUT2D eigenvalue weighted by atomic mass is 10.1. The SMILES string of the molecule is C=CCn1c(=NC(=O)c2cc([N+](=O)[O-])cc([N+](=O)[O-])c2)sc2cc(NC(C)=O)ccc21. The average molecular weight is 441 g/mol. The van der Waals surface area contributed by atoms with Gasteiger partial charge in [-0.15, -0.1) is 6.58 Å². The van der Waals surface area contributed by atoms with Gasteiger partial charge in [0.2, 0.25) is 5.91 Å². The number of nitro groups is 2. The molecule has 0 aliphatic rings. The van der Waals surface area contributed by atoms with Crippen LogP contribution in [-0.4, -0.2) is 26.2 Å². The first kappa shape index (κ1) is 21.5. The van der Waals surface area contributed by atoms with Crippen LogP contribution in [0.3, 0.4) is 0 Å². The van der Waals surface area contributed by atoms with Crippen molar-refractivity contribution in [3.63, 3.8) is 0 Å². The van der Waals surface area contributed by atoms with E-state index in [1.54, 1.807) is 28.8 Å². The Morgan fingerprint density at radius 1 is 1.16 bits per heavy atom. The van der Waals surface area contributed by atoms with Gasteiger partial charge >= 0.3 is 0 Å². The highest BCUT2D eigenvalue weighted by Gasteiger charge is 2.20. The van der Waals surface area contributed by atoms with Gasteiger partial charge in [0.25, 0.3) is 17.3 Å². The standard InChI is InChI=1S/C19H15N5O6S/c1-3-6-22-16-5-4-13(20-11(2)25)9-17(16)31-19(22)21-18(26)12-7-14(23(27)28)10-15(8-12)24(29)30/h3-5,7-10H,1,6H2,2H3,(H,20,25). The van der Waals surface area contributed by atoms with E-state index >= 15 is 0 Å². The normalized spacial score (nSPS) is 11.3. The molecule has 1 N–H and O–H groups in total. The number of thiazole rings is 1. The second kappa shape index (κ2) is 8.67. The zero-order valence-corrected chi connectivity index (χ0v) is 16.9. The van der Waals surface area contributed by atoms with Crippen LogP contribution in [0.1, 0.15) is 17.3 Å². The van der Waals surface area contributed by atoms with Crippen LogP contribution >= 0.6 is 11.3 Å². The topological polar surface area (TPSA) is 150 Å². The highest BCUT2D eigenvalue weighted by Crippen LogP contribution is 2.24. The number of nitrogens with one attached hydrogen (secondary N) is 1. The van der Waals surface area contributed by atoms with Gasteiger partial charge in [-0.2, -0.15) is 4.99 Å². The van der Waals surface area contributed by atoms with Crippen molar-refractivity contribution < 1.29 is 19.4 Å². The molecule has 3 rings (SSSR count). The minimum absolute atomic E-state index is 0.234. The Morgan fingerprint density at radius 3 is 2.35 bits per heavy atom. The number of allylic oxidation sites excluding steroid dienone is 1. The van der Waals surface area contributed by atoms with E-state index in [9.17, 15) is 29.8 Å². The zero-order chi connectivity index (χ0) is 22.7. The van der Waals surface area contributed by atoms with Gasteiger partial charge in [0, 0.05) is 31.3 Å². The van der Waals surface area contributed by atoms with Crippen molar-refractivity contribution in [1.82, 2.24) is 4.57 Å². The summed E-state index contributed by atoms with van der Waals surface area (Å²) in [6.45, 7) is 5.39. The lowest BCUT2D eigenvalue weighted by molar-refractivity contribution is -0.394. The fourth-order valence-corrected chi connectivity index (χ4v) is 3.90. The van der Waals surface area contributed by atoms with E-state index < -0.39 is 27.1 Å². The van der Waals surface area contributed by atoms with Crippen LogP contribution in [0.25, 0.3) is 10.2 Å². The average Bonchev–Trinajstić information content (AvgIpc) is 3.03. The summed E-state index contributed by atoms with van der Waals surface area (Å²) in [6, 6.07) is 7.84. The first-order valence-electron chi connectivity index (χ1n) is 8.74. The molecule has 1 aromatic heterocycles. The molecular weight excluding hydrogens is 426 g/mol. The van der Waals surface area contributed by atoms with Crippen molar-refractivity contribution >= 4 is 50.4 Å². The number of benzene rings is 2. The Balaban J connectivity index is 2.14. The van der Waals surface area contributed by atoms with Crippen LogP contribution in [0.5, 0.6) is 0 Å². The number of nitrogens with zero attached hydrogens (tertiary/aromatic N) is 4. The van der Waals surface area contributed by atoms with Crippen LogP contribution in [0, 0.1) is 20.2 Å². The van der Waals surface area contributed by atoms with Gasteiger partial charge in [-0.1, -0.05) is 17.4 Å². The van der Waals surface area contributed by atoms with Crippen LogP contribution in [0.4, 0.5) is 17.1 Å². The summed E-state index contributed by atoms with van der Waals surface area (Å²) in [4.78, 5) is 48.8. The number of fused-ring (bicyclic) bond motifs is 1. The Bertz CT molecular complexity index is 1290. The van der Waals surface area contributed by atoms with Crippen LogP contribution in [-0.2, 0) is 11.3 Å². The molecule has 31 heavy (non-hydrogen) atoms. The monoisotopic (exact) mass is 441 g/mol. The molecule has 1 heterocycles. The summed E-state index contributed by atoms with van der Waals surface area (Å²) < 4.78 is 2.43. The lowest BCUT2D eigenvalue weighted by Gasteiger charge is -2.03. The molecule has 0 aliphatic heterocycles. The summed E-state index contributed by atoms with van der Waals surface area (Å²) in [5.74, 6) is -1.10. The van der Waals surface area contributed by atoms with E-state index in [0.717, 1.165) is 39.8 Å². The number of rotatable bonds is 6. The molecule has 0 fully saturated rings. The highest BCUT2D eigenvalue weighted by atomic mass is 32.1. The van der Waals surface area contributed by atoms with Crippen molar-refractivity contribution in [1.29, 1.82) is 0 Å². The zero-order valence-electron chi connectivity index (χ0n) is 16.1. The summed E-state index contributed by atoms with van der Waals surface area (Å²) in [7, 11) is 0. The number of hydrogen-bond acceptors (Lipinski definition) is 7. The van der Waals surface area contributed by atoms with E-state index in [1.807, 2.05) is 0 Å². The fourth-order valence-electron chi connectivity index (χ4n) is 2.83. The highest BCUT2D eigenvalue weighted by molar-refractivity contribution is 7.16. The maximum atomic E-state index is 12.7. The van der Waals surface area contributed by atoms with Crippen molar-refractivity contribution in [2.24, 2.45) is 4.99 Å². The molecule has 0 saturated heterocycles. The summed E-state index contributed by atoms with van der Waals surface area (Å²) in [5, 5.41) is 24.8. The number of aromatic nitrogens is 1. The molecule has 0 unspecified atom stereocenters. The summed E-state index contributed by atoms with van der Waals surface area (Å²) >= 11 is 1.16. The molecule has 0 radical (unpaired) electrons. The third-order valence-corrected chi connectivity index (χ3v) is 5.12. The molecule has 0 atom stereocenters. The number of nitro benzene ring substituents is 2. The molecule has 0 spiro atoms. The third kappa shape index (κ3) is 4.70. The Hall–Kier alpha value is -4.19. The number of carbonyl (C=O) groups is 2. The number of amides is 2. The molecular formula is C19H15N5O6S. The van der Waals surface area contributed by atoms with Gasteiger partial charge in [0.15, 0.2) is 4.80 Å². The number of carbonyl (C=O) groups excluding carboxylic acids is 2. The second-order valence-electron chi connectivity index (χ2n) is 6.32. The smallest absolute Gasteiger partial charge is 0.280 e. The maximum Gasteiger partial charge on any atom is 0.280 e. The predicted molar refractivity (Wildman–Crippen MR) is 114 cm³/mol. The van der Waals surface area contributed by atoms with E-state index in [4.69, 9.17) is 0 Å². The van der Waals surface area contributed by atoms with Gasteiger partial charge in [0.1, 0.15) is 0 Å². The molecule has 0 saturated carbocycles. The van der Waals surface area contributed by atoms with Gasteiger partial charge in [-0.25, -0.2) is 0 Å². The quantitative estimate of drug-likeness (QED) is 0.352. The molecule has 11 nitrogen and oxygen atoms in total. The molecule has 158 valence electrons. The Morgan fingerprint density at radius 2 is 1.81 bits per heavy atom. The molecule has 12 heteroatoms. The van der Waals surface area contributed by atoms with Crippen molar-refractivity contribution in [3.8, 4) is 0 Å². The first-order valence-corrected chi connectivity index (χ1v) is 9.56. The Labute approximate surface area is 178 Å². The van der Waals surface area contributed by atoms with Crippen molar-refractivity contribution in [2.45, 2.75) is 13.5 Å². The van der Waals surface area contributed by atoms with Gasteiger partial charge in [0.05, 0.1) is 31.7 Å². The third-order valence-electron chi connectivity index (χ3n) is 4.08. The molecule has 0 aliphatic carbocycles.